The number of piperidine rings is 3. The fraction of sp³-hybridized carbons (Fsp3) is 0.418. The number of benzene rings is 4. The van der Waals surface area contributed by atoms with Gasteiger partial charge in [-0.15, -0.1) is 0 Å². The van der Waals surface area contributed by atoms with E-state index in [1.54, 1.807) is 37.6 Å². The highest BCUT2D eigenvalue weighted by molar-refractivity contribution is 6.17. The molecular formula is C55H59F2N9O7. The minimum Gasteiger partial charge on any atom is -0.495 e. The van der Waals surface area contributed by atoms with Gasteiger partial charge in [-0.3, -0.25) is 39.2 Å². The summed E-state index contributed by atoms with van der Waals surface area (Å²) in [6, 6.07) is 20.9. The Balaban J connectivity index is 0.643. The maximum absolute atomic E-state index is 15.6. The third-order valence-corrected chi connectivity index (χ3v) is 15.9. The summed E-state index contributed by atoms with van der Waals surface area (Å²) in [5.41, 5.74) is 3.09. The average molecular weight is 996 g/mol. The molecule has 380 valence electrons. The summed E-state index contributed by atoms with van der Waals surface area (Å²) in [5.74, 6) is -0.188. The van der Waals surface area contributed by atoms with E-state index in [-0.39, 0.29) is 37.0 Å². The first-order valence-electron chi connectivity index (χ1n) is 25.5. The zero-order valence-electron chi connectivity index (χ0n) is 40.8. The summed E-state index contributed by atoms with van der Waals surface area (Å²) in [6.07, 6.45) is 6.94. The summed E-state index contributed by atoms with van der Waals surface area (Å²) in [6.45, 7) is 8.40. The van der Waals surface area contributed by atoms with Gasteiger partial charge in [0, 0.05) is 112 Å². The number of rotatable bonds is 13. The molecule has 1 unspecified atom stereocenters. The summed E-state index contributed by atoms with van der Waals surface area (Å²) in [7, 11) is 1.68. The number of nitrogens with one attached hydrogen (secondary N) is 3. The quantitative estimate of drug-likeness (QED) is 0.0823. The Morgan fingerprint density at radius 1 is 0.767 bits per heavy atom. The maximum Gasteiger partial charge on any atom is 0.255 e. The highest BCUT2D eigenvalue weighted by atomic mass is 19.1. The third kappa shape index (κ3) is 9.77. The van der Waals surface area contributed by atoms with Gasteiger partial charge in [-0.05, 0) is 130 Å². The lowest BCUT2D eigenvalue weighted by molar-refractivity contribution is -0.137. The molecule has 11 rings (SSSR count). The van der Waals surface area contributed by atoms with Crippen molar-refractivity contribution in [1.29, 1.82) is 0 Å². The van der Waals surface area contributed by atoms with Gasteiger partial charge in [0.2, 0.25) is 23.6 Å². The Hall–Kier alpha value is -7.18. The second-order valence-corrected chi connectivity index (χ2v) is 20.3. The summed E-state index contributed by atoms with van der Waals surface area (Å²) in [4.78, 5) is 80.0. The molecule has 6 aliphatic rings. The van der Waals surface area contributed by atoms with Crippen molar-refractivity contribution in [1.82, 2.24) is 25.0 Å². The first-order valence-corrected chi connectivity index (χ1v) is 25.5. The van der Waals surface area contributed by atoms with Crippen molar-refractivity contribution in [3.8, 4) is 17.2 Å². The number of hydrogen-bond acceptors (Lipinski definition) is 12. The van der Waals surface area contributed by atoms with Gasteiger partial charge in [-0.1, -0.05) is 0 Å². The van der Waals surface area contributed by atoms with E-state index >= 15 is 4.39 Å². The number of halogens is 2. The highest BCUT2D eigenvalue weighted by Gasteiger charge is 2.56. The molecule has 73 heavy (non-hydrogen) atoms. The fourth-order valence-corrected chi connectivity index (χ4v) is 11.5. The van der Waals surface area contributed by atoms with Crippen LogP contribution in [-0.4, -0.2) is 127 Å². The van der Waals surface area contributed by atoms with Gasteiger partial charge < -0.3 is 39.7 Å². The lowest BCUT2D eigenvalue weighted by Crippen LogP contribution is -2.54. The van der Waals surface area contributed by atoms with E-state index in [0.717, 1.165) is 93.8 Å². The largest absolute Gasteiger partial charge is 0.495 e. The molecule has 5 aliphatic heterocycles. The topological polar surface area (TPSA) is 169 Å². The van der Waals surface area contributed by atoms with E-state index in [2.05, 4.69) is 41.6 Å². The van der Waals surface area contributed by atoms with E-state index in [1.807, 2.05) is 12.1 Å². The monoisotopic (exact) mass is 995 g/mol. The van der Waals surface area contributed by atoms with Crippen molar-refractivity contribution in [2.24, 2.45) is 11.3 Å². The van der Waals surface area contributed by atoms with Gasteiger partial charge in [0.1, 0.15) is 40.3 Å². The lowest BCUT2D eigenvalue weighted by atomic mass is 9.95. The van der Waals surface area contributed by atoms with E-state index in [9.17, 15) is 28.4 Å². The standard InChI is InChI=1S/C55H59F2N9O7/c1-72-48-30-41-44(58-21-14-47(41)73-39-8-6-37(7-9-39)60-54(71)55(19-20-55)53(70)59-36-4-2-35(56)3-5-36)31-46(48)64-22-15-34(16-23-64)32-62-26-28-63(29-27-62)38-17-24-65(25-18-38)50-42-33-66(45-12-13-49(67)61-51(45)68)52(69)40(42)10-11-43(50)57/h2-11,14,21,30-31,34,38,45H,12-13,15-20,22-29,32-33H2,1H3,(H,59,70)(H,60,71)(H,61,67,68). The van der Waals surface area contributed by atoms with Crippen LogP contribution in [0.2, 0.25) is 0 Å². The molecule has 5 amide bonds. The van der Waals surface area contributed by atoms with Crippen molar-refractivity contribution in [2.45, 2.75) is 70.0 Å². The summed E-state index contributed by atoms with van der Waals surface area (Å²) < 4.78 is 41.2. The molecule has 4 saturated heterocycles. The van der Waals surface area contributed by atoms with Gasteiger partial charge in [0.15, 0.2) is 0 Å². The van der Waals surface area contributed by atoms with Gasteiger partial charge >= 0.3 is 0 Å². The molecule has 3 N–H and O–H groups in total. The Bertz CT molecular complexity index is 2950. The third-order valence-electron chi connectivity index (χ3n) is 15.9. The molecule has 5 fully saturated rings. The van der Waals surface area contributed by atoms with Crippen LogP contribution in [0.15, 0.2) is 85.1 Å². The number of methoxy groups -OCH3 is 1. The molecule has 1 aromatic heterocycles. The van der Waals surface area contributed by atoms with Crippen molar-refractivity contribution >= 4 is 63.2 Å². The molecule has 6 heterocycles. The van der Waals surface area contributed by atoms with Crippen molar-refractivity contribution in [2.75, 3.05) is 86.4 Å². The molecule has 16 nitrogen and oxygen atoms in total. The van der Waals surface area contributed by atoms with Crippen molar-refractivity contribution in [3.63, 3.8) is 0 Å². The normalized spacial score (nSPS) is 20.7. The van der Waals surface area contributed by atoms with Crippen LogP contribution in [0.4, 0.5) is 31.5 Å². The number of aromatic nitrogens is 1. The van der Waals surface area contributed by atoms with Gasteiger partial charge in [-0.25, -0.2) is 8.78 Å². The molecule has 1 saturated carbocycles. The zero-order valence-corrected chi connectivity index (χ0v) is 40.8. The number of carbonyl (C=O) groups is 5. The van der Waals surface area contributed by atoms with E-state index < -0.39 is 35.0 Å². The highest BCUT2D eigenvalue weighted by Crippen LogP contribution is 2.48. The zero-order chi connectivity index (χ0) is 50.4. The number of imide groups is 1. The second kappa shape index (κ2) is 20.0. The van der Waals surface area contributed by atoms with Gasteiger partial charge in [-0.2, -0.15) is 0 Å². The van der Waals surface area contributed by atoms with Crippen LogP contribution in [-0.2, 0) is 25.7 Å². The van der Waals surface area contributed by atoms with Crippen LogP contribution >= 0.6 is 0 Å². The second-order valence-electron chi connectivity index (χ2n) is 20.3. The Morgan fingerprint density at radius 2 is 1.44 bits per heavy atom. The number of amides is 5. The van der Waals surface area contributed by atoms with Crippen LogP contribution < -0.4 is 35.2 Å². The van der Waals surface area contributed by atoms with Gasteiger partial charge in [0.05, 0.1) is 24.0 Å². The molecule has 5 aromatic rings. The molecule has 0 radical (unpaired) electrons. The van der Waals surface area contributed by atoms with E-state index in [4.69, 9.17) is 14.5 Å². The number of anilines is 4. The average Bonchev–Trinajstić information content (AvgIpc) is 4.16. The number of piperazine rings is 1. The van der Waals surface area contributed by atoms with Gasteiger partial charge in [0.25, 0.3) is 5.91 Å². The van der Waals surface area contributed by atoms with E-state index in [1.165, 1.54) is 41.3 Å². The number of ether oxygens (including phenoxy) is 2. The SMILES string of the molecule is COc1cc2c(Oc3ccc(NC(=O)C4(C(=O)Nc5ccc(F)cc5)CC4)cc3)ccnc2cc1N1CCC(CN2CCN(C3CCN(c4c(F)ccc5c4CN(C4CCC(=O)NC4=O)C5=O)CC3)CC2)CC1. The Morgan fingerprint density at radius 3 is 2.10 bits per heavy atom. The molecule has 4 aromatic carbocycles. The minimum absolute atomic E-state index is 0.155. The van der Waals surface area contributed by atoms with Crippen LogP contribution in [0.25, 0.3) is 10.9 Å². The molecule has 0 spiro atoms. The molecular weight excluding hydrogens is 937 g/mol. The first kappa shape index (κ1) is 48.1. The predicted octanol–water partition coefficient (Wildman–Crippen LogP) is 6.94. The first-order chi connectivity index (χ1) is 35.4. The predicted molar refractivity (Wildman–Crippen MR) is 271 cm³/mol. The molecule has 1 aliphatic carbocycles. The van der Waals surface area contributed by atoms with Crippen LogP contribution in [0.5, 0.6) is 17.2 Å². The molecule has 18 heteroatoms. The Kier molecular flexibility index (Phi) is 13.2. The minimum atomic E-state index is -1.17. The number of pyridine rings is 1. The summed E-state index contributed by atoms with van der Waals surface area (Å²) >= 11 is 0. The van der Waals surface area contributed by atoms with Crippen molar-refractivity contribution < 1.29 is 42.2 Å². The molecule has 0 bridgehead atoms. The number of nitrogens with zero attached hydrogens (tertiary/aromatic N) is 6. The van der Waals surface area contributed by atoms with Crippen LogP contribution in [0, 0.1) is 23.0 Å². The van der Waals surface area contributed by atoms with Crippen LogP contribution in [0.1, 0.15) is 67.3 Å². The number of fused-ring (bicyclic) bond motifs is 2. The lowest BCUT2D eigenvalue weighted by Gasteiger charge is -2.44. The number of carbonyl (C=O) groups excluding carboxylic acids is 5. The maximum atomic E-state index is 15.6. The smallest absolute Gasteiger partial charge is 0.255 e. The molecule has 1 atom stereocenters. The van der Waals surface area contributed by atoms with E-state index in [0.29, 0.717) is 77.6 Å². The summed E-state index contributed by atoms with van der Waals surface area (Å²) in [5, 5.41) is 8.75. The van der Waals surface area contributed by atoms with Crippen molar-refractivity contribution in [3.05, 3.63) is 108 Å². The fourth-order valence-electron chi connectivity index (χ4n) is 11.5. The Labute approximate surface area is 422 Å². The number of hydrogen-bond donors (Lipinski definition) is 3. The van der Waals surface area contributed by atoms with Crippen LogP contribution in [0.3, 0.4) is 0 Å².